The molecule has 8 bridgehead atoms. The summed E-state index contributed by atoms with van der Waals surface area (Å²) in [6.45, 7) is 6.22. The van der Waals surface area contributed by atoms with Crippen molar-refractivity contribution in [2.24, 2.45) is 0 Å². The smallest absolute Gasteiger partial charge is 0.0862 e. The van der Waals surface area contributed by atoms with Crippen LogP contribution in [0.15, 0.2) is 0 Å². The third-order valence-electron chi connectivity index (χ3n) is 3.56. The Morgan fingerprint density at radius 2 is 0.571 bits per heavy atom. The minimum absolute atomic E-state index is 1.04. The van der Waals surface area contributed by atoms with Gasteiger partial charge in [-0.2, -0.15) is 0 Å². The molecule has 0 aromatic rings. The van der Waals surface area contributed by atoms with Crippen LogP contribution in [-0.4, -0.2) is 80.5 Å². The van der Waals surface area contributed by atoms with Crippen LogP contribution in [0.2, 0.25) is 0 Å². The van der Waals surface area contributed by atoms with Gasteiger partial charge in [-0.15, -0.1) is 30.7 Å². The fraction of sp³-hybridized carbons (Fsp3) is 1.00. The maximum atomic E-state index is 2.44. The number of hydrogen-bond acceptors (Lipinski definition) is 8. The number of rotatable bonds is 0. The molecule has 0 N–H and O–H groups in total. The van der Waals surface area contributed by atoms with Crippen molar-refractivity contribution >= 4 is 0 Å². The molecule has 8 heteroatoms. The van der Waals surface area contributed by atoms with Crippen molar-refractivity contribution in [3.63, 3.8) is 0 Å². The van der Waals surface area contributed by atoms with E-state index in [-0.39, 0.29) is 0 Å². The van der Waals surface area contributed by atoms with E-state index in [4.69, 9.17) is 0 Å². The van der Waals surface area contributed by atoms with Crippen LogP contribution in [0.25, 0.3) is 0 Å². The van der Waals surface area contributed by atoms with E-state index in [0.29, 0.717) is 0 Å². The van der Waals surface area contributed by atoms with Crippen LogP contribution in [0.1, 0.15) is 0 Å². The lowest BCUT2D eigenvalue weighted by Crippen LogP contribution is -2.94. The average Bonchev–Trinajstić information content (AvgIpc) is 2.24. The molecule has 7 aliphatic rings. The van der Waals surface area contributed by atoms with Crippen molar-refractivity contribution in [1.82, 2.24) is 40.5 Å². The summed E-state index contributed by atoms with van der Waals surface area (Å²) in [6.07, 6.45) is 0. The first-order chi connectivity index (χ1) is 6.90. The summed E-state index contributed by atoms with van der Waals surface area (Å²) in [7, 11) is 0. The number of nitrogens with zero attached hydrogens (tertiary/aromatic N) is 8. The molecule has 8 nitrogen and oxygen atoms in total. The molecule has 76 valence electrons. The van der Waals surface area contributed by atoms with Crippen molar-refractivity contribution < 1.29 is 0 Å². The van der Waals surface area contributed by atoms with Crippen LogP contribution in [0, 0.1) is 0 Å². The summed E-state index contributed by atoms with van der Waals surface area (Å²) in [6, 6.07) is 0. The van der Waals surface area contributed by atoms with Crippen LogP contribution in [-0.2, 0) is 0 Å². The Morgan fingerprint density at radius 1 is 0.357 bits per heavy atom. The largest absolute Gasteiger partial charge is 0.256 e. The SMILES string of the molecule is C1N2CN3N4CN5CN(N14)N(C2)N3C5. The molecular formula is C6H12N8. The Bertz CT molecular complexity index is 219. The molecule has 0 saturated carbocycles. The van der Waals surface area contributed by atoms with Crippen molar-refractivity contribution in [1.29, 1.82) is 0 Å². The van der Waals surface area contributed by atoms with E-state index in [9.17, 15) is 0 Å². The summed E-state index contributed by atoms with van der Waals surface area (Å²) >= 11 is 0. The minimum atomic E-state index is 1.04. The van der Waals surface area contributed by atoms with Crippen LogP contribution < -0.4 is 0 Å². The van der Waals surface area contributed by atoms with Gasteiger partial charge in [0.25, 0.3) is 0 Å². The zero-order valence-electron chi connectivity index (χ0n) is 7.82. The molecule has 7 rings (SSSR count). The number of hydrazine groups is 6. The summed E-state index contributed by atoms with van der Waals surface area (Å²) in [5.74, 6) is 0. The van der Waals surface area contributed by atoms with E-state index < -0.39 is 0 Å². The van der Waals surface area contributed by atoms with Crippen molar-refractivity contribution in [2.45, 2.75) is 0 Å². The molecule has 7 fully saturated rings. The van der Waals surface area contributed by atoms with Crippen molar-refractivity contribution in [3.05, 3.63) is 0 Å². The van der Waals surface area contributed by atoms with Gasteiger partial charge in [-0.3, -0.25) is 9.80 Å². The quantitative estimate of drug-likeness (QED) is 0.427. The van der Waals surface area contributed by atoms with Gasteiger partial charge >= 0.3 is 0 Å². The molecule has 0 aromatic carbocycles. The second kappa shape index (κ2) is 1.96. The van der Waals surface area contributed by atoms with Crippen LogP contribution in [0.3, 0.4) is 0 Å². The molecular weight excluding hydrogens is 184 g/mol. The summed E-state index contributed by atoms with van der Waals surface area (Å²) < 4.78 is 0. The molecule has 0 spiro atoms. The zero-order valence-corrected chi connectivity index (χ0v) is 7.82. The average molecular weight is 196 g/mol. The van der Waals surface area contributed by atoms with Gasteiger partial charge in [0.2, 0.25) is 0 Å². The summed E-state index contributed by atoms with van der Waals surface area (Å²) in [5, 5.41) is 13.9. The maximum absolute atomic E-state index is 2.44. The lowest BCUT2D eigenvalue weighted by Gasteiger charge is -2.74. The van der Waals surface area contributed by atoms with E-state index in [1.807, 2.05) is 0 Å². The molecule has 7 heterocycles. The first-order valence-corrected chi connectivity index (χ1v) is 4.99. The highest BCUT2D eigenvalue weighted by atomic mass is 16.3. The number of hydrogen-bond donors (Lipinski definition) is 0. The zero-order chi connectivity index (χ0) is 8.86. The maximum Gasteiger partial charge on any atom is 0.0862 e. The van der Waals surface area contributed by atoms with Gasteiger partial charge in [0, 0.05) is 0 Å². The van der Waals surface area contributed by atoms with E-state index in [1.165, 1.54) is 0 Å². The van der Waals surface area contributed by atoms with Crippen molar-refractivity contribution in [3.8, 4) is 0 Å². The fourth-order valence-corrected chi connectivity index (χ4v) is 2.93. The van der Waals surface area contributed by atoms with E-state index in [2.05, 4.69) is 40.5 Å². The third-order valence-corrected chi connectivity index (χ3v) is 3.56. The molecule has 7 saturated heterocycles. The highest BCUT2D eigenvalue weighted by molar-refractivity contribution is 4.81. The standard InChI is InChI=1S/C6H12N8/c1-7-2-12-10-4-8-5-11(9(1)10)13(3-7)14(12)6-8/h1-6H2. The Hall–Kier alpha value is -0.320. The third kappa shape index (κ3) is 0.586. The van der Waals surface area contributed by atoms with E-state index >= 15 is 0 Å². The van der Waals surface area contributed by atoms with Gasteiger partial charge in [0.15, 0.2) is 0 Å². The molecule has 14 heavy (non-hydrogen) atoms. The van der Waals surface area contributed by atoms with Crippen LogP contribution in [0.5, 0.6) is 0 Å². The molecule has 0 aliphatic carbocycles. The van der Waals surface area contributed by atoms with E-state index in [0.717, 1.165) is 40.0 Å². The molecule has 0 radical (unpaired) electrons. The Kier molecular flexibility index (Phi) is 0.987. The molecule has 7 aliphatic heterocycles. The topological polar surface area (TPSA) is 25.9 Å². The van der Waals surface area contributed by atoms with Gasteiger partial charge in [0.05, 0.1) is 40.0 Å². The lowest BCUT2D eigenvalue weighted by atomic mass is 10.5. The van der Waals surface area contributed by atoms with Gasteiger partial charge in [-0.05, 0) is 0 Å². The molecule has 0 atom stereocenters. The predicted molar refractivity (Wildman–Crippen MR) is 43.9 cm³/mol. The van der Waals surface area contributed by atoms with Crippen LogP contribution >= 0.6 is 0 Å². The lowest BCUT2D eigenvalue weighted by molar-refractivity contribution is -0.623. The van der Waals surface area contributed by atoms with Crippen LogP contribution in [0.4, 0.5) is 0 Å². The summed E-state index contributed by atoms with van der Waals surface area (Å²) in [5.41, 5.74) is 0. The first-order valence-electron chi connectivity index (χ1n) is 4.99. The highest BCUT2D eigenvalue weighted by Gasteiger charge is 2.58. The minimum Gasteiger partial charge on any atom is -0.256 e. The highest BCUT2D eigenvalue weighted by Crippen LogP contribution is 2.38. The van der Waals surface area contributed by atoms with Gasteiger partial charge in [-0.1, -0.05) is 0 Å². The molecule has 0 unspecified atom stereocenters. The van der Waals surface area contributed by atoms with Gasteiger partial charge in [-0.25, -0.2) is 0 Å². The molecule has 0 amide bonds. The van der Waals surface area contributed by atoms with E-state index in [1.54, 1.807) is 0 Å². The molecule has 0 aromatic heterocycles. The Balaban J connectivity index is 1.70. The second-order valence-corrected chi connectivity index (χ2v) is 4.42. The fourth-order valence-electron chi connectivity index (χ4n) is 2.93. The monoisotopic (exact) mass is 196 g/mol. The second-order valence-electron chi connectivity index (χ2n) is 4.42. The first kappa shape index (κ1) is 7.04. The Morgan fingerprint density at radius 3 is 0.786 bits per heavy atom. The van der Waals surface area contributed by atoms with Crippen molar-refractivity contribution in [2.75, 3.05) is 40.0 Å². The van der Waals surface area contributed by atoms with Gasteiger partial charge < -0.3 is 0 Å². The summed E-state index contributed by atoms with van der Waals surface area (Å²) in [4.78, 5) is 4.87. The Labute approximate surface area is 81.4 Å². The van der Waals surface area contributed by atoms with Gasteiger partial charge in [0.1, 0.15) is 0 Å². The predicted octanol–water partition coefficient (Wildman–Crippen LogP) is -2.29. The normalized spacial score (nSPS) is 72.0.